The lowest BCUT2D eigenvalue weighted by Gasteiger charge is -2.27. The topological polar surface area (TPSA) is 86.9 Å². The van der Waals surface area contributed by atoms with Gasteiger partial charge in [-0.2, -0.15) is 0 Å². The molecule has 2 amide bonds. The van der Waals surface area contributed by atoms with Gasteiger partial charge in [-0.05, 0) is 31.0 Å². The minimum atomic E-state index is -0.655. The number of hydrogen-bond acceptors (Lipinski definition) is 5. The Morgan fingerprint density at radius 2 is 2.06 bits per heavy atom. The van der Waals surface area contributed by atoms with Crippen LogP contribution in [0.2, 0.25) is 0 Å². The Labute approximate surface area is 199 Å². The fourth-order valence-electron chi connectivity index (χ4n) is 6.12. The number of aromatic amines is 1. The van der Waals surface area contributed by atoms with Gasteiger partial charge in [0.15, 0.2) is 0 Å². The van der Waals surface area contributed by atoms with Gasteiger partial charge >= 0.3 is 0 Å². The lowest BCUT2D eigenvalue weighted by Crippen LogP contribution is -2.45. The van der Waals surface area contributed by atoms with Gasteiger partial charge in [-0.15, -0.1) is 0 Å². The highest BCUT2D eigenvalue weighted by Gasteiger charge is 2.66. The summed E-state index contributed by atoms with van der Waals surface area (Å²) in [4.78, 5) is 34.1. The molecule has 34 heavy (non-hydrogen) atoms. The third kappa shape index (κ3) is 3.74. The third-order valence-electron chi connectivity index (χ3n) is 7.86. The average Bonchev–Trinajstić information content (AvgIpc) is 3.61. The predicted octanol–water partition coefficient (Wildman–Crippen LogP) is 1.33. The standard InChI is InChI=1S/C26H32N4O4/c31-24(27-9-3-10-29-12-14-33-15-13-29)22-21-6-8-26(34-21)17-30(25(32)23(22)26)11-7-18-16-28-20-5-2-1-4-19(18)20/h1-2,4-6,8,16,21-23,28H,3,7,9-15,17H2,(H,27,31)/t21-,22-,23-,26+/m0/s1. The van der Waals surface area contributed by atoms with Gasteiger partial charge in [0.2, 0.25) is 11.8 Å². The van der Waals surface area contributed by atoms with Crippen LogP contribution in [-0.2, 0) is 25.5 Å². The van der Waals surface area contributed by atoms with Gasteiger partial charge in [-0.3, -0.25) is 14.5 Å². The van der Waals surface area contributed by atoms with Crippen molar-refractivity contribution in [3.05, 3.63) is 48.2 Å². The molecule has 5 heterocycles. The Morgan fingerprint density at radius 1 is 1.21 bits per heavy atom. The van der Waals surface area contributed by atoms with Crippen LogP contribution in [0, 0.1) is 11.8 Å². The van der Waals surface area contributed by atoms with Crippen LogP contribution >= 0.6 is 0 Å². The molecular formula is C26H32N4O4. The van der Waals surface area contributed by atoms with Gasteiger partial charge in [0, 0.05) is 43.3 Å². The second-order valence-corrected chi connectivity index (χ2v) is 9.87. The van der Waals surface area contributed by atoms with E-state index in [0.717, 1.165) is 51.2 Å². The Bertz CT molecular complexity index is 1110. The van der Waals surface area contributed by atoms with Crippen LogP contribution in [-0.4, -0.2) is 90.8 Å². The van der Waals surface area contributed by atoms with Crippen LogP contribution < -0.4 is 5.32 Å². The number of carbonyl (C=O) groups is 2. The summed E-state index contributed by atoms with van der Waals surface area (Å²) in [7, 11) is 0. The summed E-state index contributed by atoms with van der Waals surface area (Å²) < 4.78 is 11.7. The van der Waals surface area contributed by atoms with Gasteiger partial charge in [0.25, 0.3) is 0 Å². The number of nitrogens with zero attached hydrogens (tertiary/aromatic N) is 2. The number of carbonyl (C=O) groups excluding carboxylic acids is 2. The summed E-state index contributed by atoms with van der Waals surface area (Å²) in [5.41, 5.74) is 1.65. The summed E-state index contributed by atoms with van der Waals surface area (Å²) in [5.74, 6) is -0.890. The second-order valence-electron chi connectivity index (χ2n) is 9.87. The number of para-hydroxylation sites is 1. The number of ether oxygens (including phenoxy) is 2. The van der Waals surface area contributed by atoms with Gasteiger partial charge in [-0.1, -0.05) is 30.4 Å². The molecule has 8 nitrogen and oxygen atoms in total. The van der Waals surface area contributed by atoms with Crippen molar-refractivity contribution in [1.82, 2.24) is 20.1 Å². The molecule has 1 aromatic carbocycles. The minimum Gasteiger partial charge on any atom is -0.379 e. The maximum absolute atomic E-state index is 13.5. The first-order valence-electron chi connectivity index (χ1n) is 12.4. The number of morpholine rings is 1. The van der Waals surface area contributed by atoms with E-state index in [-0.39, 0.29) is 17.9 Å². The first kappa shape index (κ1) is 21.8. The van der Waals surface area contributed by atoms with E-state index in [9.17, 15) is 9.59 Å². The van der Waals surface area contributed by atoms with Crippen LogP contribution in [0.4, 0.5) is 0 Å². The fourth-order valence-corrected chi connectivity index (χ4v) is 6.12. The zero-order valence-corrected chi connectivity index (χ0v) is 19.4. The fraction of sp³-hybridized carbons (Fsp3) is 0.538. The van der Waals surface area contributed by atoms with Crippen LogP contribution in [0.5, 0.6) is 0 Å². The van der Waals surface area contributed by atoms with E-state index in [1.807, 2.05) is 35.4 Å². The molecular weight excluding hydrogens is 432 g/mol. The highest BCUT2D eigenvalue weighted by atomic mass is 16.5. The zero-order chi connectivity index (χ0) is 23.1. The maximum Gasteiger partial charge on any atom is 0.230 e. The number of hydrogen-bond donors (Lipinski definition) is 2. The molecule has 3 fully saturated rings. The molecule has 4 aliphatic heterocycles. The van der Waals surface area contributed by atoms with E-state index < -0.39 is 17.4 Å². The number of H-pyrrole nitrogens is 1. The molecule has 0 saturated carbocycles. The summed E-state index contributed by atoms with van der Waals surface area (Å²) in [6.07, 6.45) is 7.38. The molecule has 0 unspecified atom stereocenters. The minimum absolute atomic E-state index is 0.0418. The summed E-state index contributed by atoms with van der Waals surface area (Å²) in [6.45, 7) is 6.16. The van der Waals surface area contributed by atoms with Gasteiger partial charge in [0.1, 0.15) is 5.60 Å². The number of likely N-dealkylation sites (tertiary alicyclic amines) is 1. The van der Waals surface area contributed by atoms with Crippen molar-refractivity contribution in [3.8, 4) is 0 Å². The van der Waals surface area contributed by atoms with Crippen LogP contribution in [0.25, 0.3) is 10.9 Å². The summed E-state index contributed by atoms with van der Waals surface area (Å²) in [5, 5.41) is 4.28. The molecule has 0 aliphatic carbocycles. The number of benzene rings is 1. The lowest BCUT2D eigenvalue weighted by molar-refractivity contribution is -0.137. The maximum atomic E-state index is 13.5. The van der Waals surface area contributed by atoms with Crippen molar-refractivity contribution in [2.75, 3.05) is 52.5 Å². The van der Waals surface area contributed by atoms with Crippen molar-refractivity contribution >= 4 is 22.7 Å². The molecule has 4 atom stereocenters. The highest BCUT2D eigenvalue weighted by Crippen LogP contribution is 2.51. The highest BCUT2D eigenvalue weighted by molar-refractivity contribution is 5.93. The van der Waals surface area contributed by atoms with E-state index in [1.165, 1.54) is 10.9 Å². The molecule has 2 bridgehead atoms. The molecule has 1 aromatic heterocycles. The molecule has 3 saturated heterocycles. The molecule has 6 rings (SSSR count). The van der Waals surface area contributed by atoms with E-state index >= 15 is 0 Å². The molecule has 1 spiro atoms. The van der Waals surface area contributed by atoms with Gasteiger partial charge in [-0.25, -0.2) is 0 Å². The molecule has 4 aliphatic rings. The zero-order valence-electron chi connectivity index (χ0n) is 19.4. The van der Waals surface area contributed by atoms with Crippen LogP contribution in [0.3, 0.4) is 0 Å². The second kappa shape index (κ2) is 8.83. The number of amides is 2. The van der Waals surface area contributed by atoms with Crippen molar-refractivity contribution in [2.24, 2.45) is 11.8 Å². The Kier molecular flexibility index (Phi) is 5.67. The van der Waals surface area contributed by atoms with Crippen LogP contribution in [0.15, 0.2) is 42.6 Å². The lowest BCUT2D eigenvalue weighted by atomic mass is 9.77. The van der Waals surface area contributed by atoms with E-state index in [2.05, 4.69) is 27.3 Å². The van der Waals surface area contributed by atoms with E-state index in [1.54, 1.807) is 0 Å². The van der Waals surface area contributed by atoms with E-state index in [4.69, 9.17) is 9.47 Å². The SMILES string of the molecule is O=C(NCCCN1CCOCC1)[C@H]1[C@@H]2C=C[C@]3(CN(CCc4c[nH]c5ccccc45)C(=O)[C@H]13)O2. The van der Waals surface area contributed by atoms with Gasteiger partial charge in [0.05, 0.1) is 37.7 Å². The molecule has 2 aromatic rings. The number of aromatic nitrogens is 1. The van der Waals surface area contributed by atoms with Gasteiger partial charge < -0.3 is 24.7 Å². The monoisotopic (exact) mass is 464 g/mol. The summed E-state index contributed by atoms with van der Waals surface area (Å²) >= 11 is 0. The first-order chi connectivity index (χ1) is 16.6. The Hall–Kier alpha value is -2.68. The Balaban J connectivity index is 1.07. The number of nitrogens with one attached hydrogen (secondary N) is 2. The van der Waals surface area contributed by atoms with Crippen molar-refractivity contribution in [1.29, 1.82) is 0 Å². The van der Waals surface area contributed by atoms with Crippen LogP contribution in [0.1, 0.15) is 12.0 Å². The van der Waals surface area contributed by atoms with Crippen molar-refractivity contribution in [2.45, 2.75) is 24.5 Å². The molecule has 0 radical (unpaired) electrons. The van der Waals surface area contributed by atoms with Crippen molar-refractivity contribution in [3.63, 3.8) is 0 Å². The van der Waals surface area contributed by atoms with Crippen molar-refractivity contribution < 1.29 is 19.1 Å². The first-order valence-corrected chi connectivity index (χ1v) is 12.4. The normalized spacial score (nSPS) is 30.4. The number of rotatable bonds is 8. The molecule has 2 N–H and O–H groups in total. The largest absolute Gasteiger partial charge is 0.379 e. The molecule has 8 heteroatoms. The summed E-state index contributed by atoms with van der Waals surface area (Å²) in [6, 6.07) is 8.21. The predicted molar refractivity (Wildman–Crippen MR) is 127 cm³/mol. The van der Waals surface area contributed by atoms with E-state index in [0.29, 0.717) is 19.6 Å². The number of fused-ring (bicyclic) bond motifs is 2. The molecule has 180 valence electrons. The quantitative estimate of drug-likeness (QED) is 0.455. The smallest absolute Gasteiger partial charge is 0.230 e. The third-order valence-corrected chi connectivity index (χ3v) is 7.86. The Morgan fingerprint density at radius 3 is 2.94 bits per heavy atom. The average molecular weight is 465 g/mol.